The molecule has 0 aliphatic heterocycles. The topological polar surface area (TPSA) is 23.5 Å². The first kappa shape index (κ1) is 12.9. The van der Waals surface area contributed by atoms with Crippen molar-refractivity contribution in [1.29, 1.82) is 0 Å². The van der Waals surface area contributed by atoms with Gasteiger partial charge in [-0.25, -0.2) is 0 Å². The van der Waals surface area contributed by atoms with Crippen LogP contribution in [0.3, 0.4) is 0 Å². The summed E-state index contributed by atoms with van der Waals surface area (Å²) >= 11 is 0. The van der Waals surface area contributed by atoms with Gasteiger partial charge in [-0.2, -0.15) is 0 Å². The predicted molar refractivity (Wildman–Crippen MR) is 76.8 cm³/mol. The standard InChI is InChI=1S/C16H21NO/c1-4-12(2)17(3)11-15-14-8-6-5-7-13(14)9-10-16(15)18/h5-10,12,18H,4,11H2,1-3H3. The zero-order chi connectivity index (χ0) is 13.1. The number of fused-ring (bicyclic) bond motifs is 1. The molecule has 0 saturated carbocycles. The van der Waals surface area contributed by atoms with E-state index >= 15 is 0 Å². The Morgan fingerprint density at radius 2 is 1.89 bits per heavy atom. The van der Waals surface area contributed by atoms with Gasteiger partial charge in [0, 0.05) is 18.2 Å². The van der Waals surface area contributed by atoms with Crippen molar-refractivity contribution in [2.75, 3.05) is 7.05 Å². The van der Waals surface area contributed by atoms with Gasteiger partial charge in [0.15, 0.2) is 0 Å². The number of aromatic hydroxyl groups is 1. The van der Waals surface area contributed by atoms with E-state index in [9.17, 15) is 5.11 Å². The lowest BCUT2D eigenvalue weighted by atomic mass is 10.0. The van der Waals surface area contributed by atoms with Crippen LogP contribution in [0.25, 0.3) is 10.8 Å². The zero-order valence-electron chi connectivity index (χ0n) is 11.4. The highest BCUT2D eigenvalue weighted by Crippen LogP contribution is 2.28. The van der Waals surface area contributed by atoms with E-state index in [0.29, 0.717) is 11.8 Å². The second kappa shape index (κ2) is 5.40. The van der Waals surface area contributed by atoms with E-state index in [1.54, 1.807) is 6.07 Å². The summed E-state index contributed by atoms with van der Waals surface area (Å²) in [5.74, 6) is 0.392. The van der Waals surface area contributed by atoms with Gasteiger partial charge < -0.3 is 5.11 Å². The number of rotatable bonds is 4. The van der Waals surface area contributed by atoms with Gasteiger partial charge in [-0.15, -0.1) is 0 Å². The van der Waals surface area contributed by atoms with Crippen LogP contribution in [0.15, 0.2) is 36.4 Å². The molecule has 0 amide bonds. The largest absolute Gasteiger partial charge is 0.508 e. The van der Waals surface area contributed by atoms with Gasteiger partial charge in [0.25, 0.3) is 0 Å². The summed E-state index contributed by atoms with van der Waals surface area (Å²) in [6.07, 6.45) is 1.11. The molecule has 0 spiro atoms. The van der Waals surface area contributed by atoms with Gasteiger partial charge >= 0.3 is 0 Å². The molecule has 96 valence electrons. The number of benzene rings is 2. The molecule has 0 aromatic heterocycles. The van der Waals surface area contributed by atoms with Crippen LogP contribution in [0.1, 0.15) is 25.8 Å². The molecule has 0 aliphatic carbocycles. The summed E-state index contributed by atoms with van der Waals surface area (Å²) in [4.78, 5) is 2.28. The SMILES string of the molecule is CCC(C)N(C)Cc1c(O)ccc2ccccc12. The van der Waals surface area contributed by atoms with Crippen molar-refractivity contribution in [2.45, 2.75) is 32.9 Å². The predicted octanol–water partition coefficient (Wildman–Crippen LogP) is 3.78. The molecular formula is C16H21NO. The van der Waals surface area contributed by atoms with Gasteiger partial charge in [0.05, 0.1) is 0 Å². The summed E-state index contributed by atoms with van der Waals surface area (Å²) < 4.78 is 0. The van der Waals surface area contributed by atoms with Gasteiger partial charge in [-0.1, -0.05) is 37.3 Å². The van der Waals surface area contributed by atoms with Crippen LogP contribution in [-0.2, 0) is 6.54 Å². The number of hydrogen-bond donors (Lipinski definition) is 1. The highest BCUT2D eigenvalue weighted by molar-refractivity contribution is 5.87. The molecule has 2 aromatic rings. The van der Waals surface area contributed by atoms with E-state index in [0.717, 1.165) is 23.9 Å². The second-order valence-corrected chi connectivity index (χ2v) is 4.96. The fraction of sp³-hybridized carbons (Fsp3) is 0.375. The van der Waals surface area contributed by atoms with Crippen LogP contribution in [0.2, 0.25) is 0 Å². The molecule has 0 aliphatic rings. The van der Waals surface area contributed by atoms with Gasteiger partial charge in [0.1, 0.15) is 5.75 Å². The van der Waals surface area contributed by atoms with Crippen LogP contribution in [0.5, 0.6) is 5.75 Å². The number of phenols is 1. The van der Waals surface area contributed by atoms with E-state index in [1.165, 1.54) is 5.39 Å². The smallest absolute Gasteiger partial charge is 0.120 e. The Kier molecular flexibility index (Phi) is 3.87. The Bertz CT molecular complexity index is 536. The molecular weight excluding hydrogens is 222 g/mol. The monoisotopic (exact) mass is 243 g/mol. The normalized spacial score (nSPS) is 13.1. The molecule has 0 heterocycles. The molecule has 1 atom stereocenters. The summed E-state index contributed by atoms with van der Waals surface area (Å²) in [7, 11) is 2.11. The van der Waals surface area contributed by atoms with Crippen LogP contribution in [0, 0.1) is 0 Å². The third-order valence-electron chi connectivity index (χ3n) is 3.77. The Hall–Kier alpha value is -1.54. The molecule has 2 aromatic carbocycles. The van der Waals surface area contributed by atoms with Gasteiger partial charge in [0.2, 0.25) is 0 Å². The highest BCUT2D eigenvalue weighted by atomic mass is 16.3. The quantitative estimate of drug-likeness (QED) is 0.883. The van der Waals surface area contributed by atoms with Crippen molar-refractivity contribution in [2.24, 2.45) is 0 Å². The van der Waals surface area contributed by atoms with Gasteiger partial charge in [-0.3, -0.25) is 4.90 Å². The maximum atomic E-state index is 10.1. The molecule has 18 heavy (non-hydrogen) atoms. The molecule has 2 heteroatoms. The van der Waals surface area contributed by atoms with Crippen molar-refractivity contribution in [3.05, 3.63) is 42.0 Å². The van der Waals surface area contributed by atoms with Crippen molar-refractivity contribution in [3.63, 3.8) is 0 Å². The molecule has 1 unspecified atom stereocenters. The van der Waals surface area contributed by atoms with E-state index < -0.39 is 0 Å². The average molecular weight is 243 g/mol. The minimum Gasteiger partial charge on any atom is -0.508 e. The van der Waals surface area contributed by atoms with Crippen molar-refractivity contribution >= 4 is 10.8 Å². The molecule has 0 saturated heterocycles. The minimum absolute atomic E-state index is 0.392. The summed E-state index contributed by atoms with van der Waals surface area (Å²) in [6, 6.07) is 12.5. The molecule has 0 bridgehead atoms. The molecule has 0 fully saturated rings. The number of nitrogens with zero attached hydrogens (tertiary/aromatic N) is 1. The van der Waals surface area contributed by atoms with Crippen LogP contribution >= 0.6 is 0 Å². The number of hydrogen-bond acceptors (Lipinski definition) is 2. The zero-order valence-corrected chi connectivity index (χ0v) is 11.4. The van der Waals surface area contributed by atoms with Crippen molar-refractivity contribution < 1.29 is 5.11 Å². The van der Waals surface area contributed by atoms with Crippen LogP contribution in [-0.4, -0.2) is 23.1 Å². The third-order valence-corrected chi connectivity index (χ3v) is 3.77. The van der Waals surface area contributed by atoms with E-state index in [1.807, 2.05) is 18.2 Å². The average Bonchev–Trinajstić information content (AvgIpc) is 2.41. The first-order valence-corrected chi connectivity index (χ1v) is 6.53. The van der Waals surface area contributed by atoms with E-state index in [2.05, 4.69) is 37.9 Å². The summed E-state index contributed by atoms with van der Waals surface area (Å²) in [6.45, 7) is 5.18. The first-order valence-electron chi connectivity index (χ1n) is 6.53. The van der Waals surface area contributed by atoms with Crippen LogP contribution in [0.4, 0.5) is 0 Å². The minimum atomic E-state index is 0.392. The lowest BCUT2D eigenvalue weighted by molar-refractivity contribution is 0.242. The number of phenolic OH excluding ortho intramolecular Hbond substituents is 1. The van der Waals surface area contributed by atoms with Gasteiger partial charge in [-0.05, 0) is 37.2 Å². The Balaban J connectivity index is 2.40. The molecule has 2 nitrogen and oxygen atoms in total. The van der Waals surface area contributed by atoms with Crippen molar-refractivity contribution in [3.8, 4) is 5.75 Å². The highest BCUT2D eigenvalue weighted by Gasteiger charge is 2.12. The lowest BCUT2D eigenvalue weighted by Crippen LogP contribution is -2.27. The maximum absolute atomic E-state index is 10.1. The molecule has 2 rings (SSSR count). The Labute approximate surface area is 109 Å². The molecule has 1 N–H and O–H groups in total. The van der Waals surface area contributed by atoms with Crippen molar-refractivity contribution in [1.82, 2.24) is 4.90 Å². The fourth-order valence-corrected chi connectivity index (χ4v) is 2.21. The fourth-order valence-electron chi connectivity index (χ4n) is 2.21. The van der Waals surface area contributed by atoms with E-state index in [4.69, 9.17) is 0 Å². The summed E-state index contributed by atoms with van der Waals surface area (Å²) in [5, 5.41) is 12.4. The maximum Gasteiger partial charge on any atom is 0.120 e. The summed E-state index contributed by atoms with van der Waals surface area (Å²) in [5.41, 5.74) is 1.02. The molecule has 0 radical (unpaired) electrons. The second-order valence-electron chi connectivity index (χ2n) is 4.96. The van der Waals surface area contributed by atoms with E-state index in [-0.39, 0.29) is 0 Å². The Morgan fingerprint density at radius 3 is 2.61 bits per heavy atom. The van der Waals surface area contributed by atoms with Crippen LogP contribution < -0.4 is 0 Å². The third kappa shape index (κ3) is 2.49. The lowest BCUT2D eigenvalue weighted by Gasteiger charge is -2.24. The Morgan fingerprint density at radius 1 is 1.17 bits per heavy atom. The first-order chi connectivity index (χ1) is 8.63.